The van der Waals surface area contributed by atoms with Gasteiger partial charge in [0, 0.05) is 6.54 Å². The molecule has 0 spiro atoms. The second kappa shape index (κ2) is 6.57. The van der Waals surface area contributed by atoms with E-state index in [1.165, 1.54) is 0 Å². The molecule has 122 valence electrons. The molecule has 1 aliphatic rings. The van der Waals surface area contributed by atoms with Crippen molar-refractivity contribution in [1.29, 1.82) is 0 Å². The summed E-state index contributed by atoms with van der Waals surface area (Å²) in [6, 6.07) is 5.81. The highest BCUT2D eigenvalue weighted by Crippen LogP contribution is 2.30. The van der Waals surface area contributed by atoms with Crippen molar-refractivity contribution in [1.82, 2.24) is 5.32 Å². The van der Waals surface area contributed by atoms with E-state index >= 15 is 0 Å². The Labute approximate surface area is 132 Å². The first-order chi connectivity index (χ1) is 10.3. The summed E-state index contributed by atoms with van der Waals surface area (Å²) in [6.07, 6.45) is 1.65. The van der Waals surface area contributed by atoms with Crippen LogP contribution in [0.4, 0.5) is 16.2 Å². The fraction of sp³-hybridized carbons (Fsp3) is 0.588. The van der Waals surface area contributed by atoms with Crippen LogP contribution < -0.4 is 16.0 Å². The van der Waals surface area contributed by atoms with Crippen LogP contribution in [-0.4, -0.2) is 30.8 Å². The zero-order valence-corrected chi connectivity index (χ0v) is 14.0. The number of carbonyl (C=O) groups excluding carboxylic acids is 1. The van der Waals surface area contributed by atoms with Crippen LogP contribution in [0.15, 0.2) is 18.2 Å². The molecule has 1 unspecified atom stereocenters. The number of nitrogens with one attached hydrogen (secondary N) is 1. The molecule has 1 fully saturated rings. The molecule has 0 aliphatic carbocycles. The predicted molar refractivity (Wildman–Crippen MR) is 90.2 cm³/mol. The van der Waals surface area contributed by atoms with Crippen molar-refractivity contribution >= 4 is 17.5 Å². The molecule has 1 amide bonds. The van der Waals surface area contributed by atoms with Crippen LogP contribution in [0.2, 0.25) is 0 Å². The Hall–Kier alpha value is -1.75. The summed E-state index contributed by atoms with van der Waals surface area (Å²) in [5.41, 5.74) is 8.01. The summed E-state index contributed by atoms with van der Waals surface area (Å²) < 4.78 is 5.61. The topological polar surface area (TPSA) is 67.6 Å². The standard InChI is InChI=1S/C17H27N3O2/c1-12-7-8-14(18)15(10-12)20(13-6-5-9-19-11-13)16(21)22-17(2,3)4/h7-8,10,13,19H,5-6,9,11,18H2,1-4H3. The van der Waals surface area contributed by atoms with Crippen LogP contribution in [0.1, 0.15) is 39.2 Å². The van der Waals surface area contributed by atoms with Crippen molar-refractivity contribution in [2.75, 3.05) is 23.7 Å². The molecule has 22 heavy (non-hydrogen) atoms. The number of hydrogen-bond donors (Lipinski definition) is 2. The lowest BCUT2D eigenvalue weighted by Crippen LogP contribution is -2.50. The smallest absolute Gasteiger partial charge is 0.415 e. The van der Waals surface area contributed by atoms with Crippen molar-refractivity contribution in [3.63, 3.8) is 0 Å². The van der Waals surface area contributed by atoms with Gasteiger partial charge in [0.25, 0.3) is 0 Å². The van der Waals surface area contributed by atoms with Crippen LogP contribution in [-0.2, 0) is 4.74 Å². The number of hydrogen-bond acceptors (Lipinski definition) is 4. The van der Waals surface area contributed by atoms with E-state index in [1.54, 1.807) is 4.90 Å². The molecule has 1 aromatic carbocycles. The van der Waals surface area contributed by atoms with E-state index in [-0.39, 0.29) is 12.1 Å². The average molecular weight is 305 g/mol. The summed E-state index contributed by atoms with van der Waals surface area (Å²) >= 11 is 0. The van der Waals surface area contributed by atoms with Crippen molar-refractivity contribution in [3.05, 3.63) is 23.8 Å². The Morgan fingerprint density at radius 1 is 1.41 bits per heavy atom. The summed E-state index contributed by atoms with van der Waals surface area (Å²) in [7, 11) is 0. The number of aryl methyl sites for hydroxylation is 1. The third-order valence-electron chi connectivity index (χ3n) is 3.67. The Kier molecular flexibility index (Phi) is 4.96. The quantitative estimate of drug-likeness (QED) is 0.824. The highest BCUT2D eigenvalue weighted by molar-refractivity contribution is 5.92. The molecule has 1 atom stereocenters. The third-order valence-corrected chi connectivity index (χ3v) is 3.67. The highest BCUT2D eigenvalue weighted by atomic mass is 16.6. The molecule has 5 heteroatoms. The number of rotatable bonds is 2. The van der Waals surface area contributed by atoms with Gasteiger partial charge < -0.3 is 15.8 Å². The number of benzene rings is 1. The van der Waals surface area contributed by atoms with Crippen molar-refractivity contribution in [2.24, 2.45) is 0 Å². The van der Waals surface area contributed by atoms with Gasteiger partial charge in [0.15, 0.2) is 0 Å². The van der Waals surface area contributed by atoms with Crippen LogP contribution in [0.3, 0.4) is 0 Å². The van der Waals surface area contributed by atoms with Crippen molar-refractivity contribution < 1.29 is 9.53 Å². The minimum atomic E-state index is -0.532. The molecule has 0 radical (unpaired) electrons. The number of ether oxygens (including phenoxy) is 1. The number of anilines is 2. The molecule has 0 saturated carbocycles. The molecule has 2 rings (SSSR count). The van der Waals surface area contributed by atoms with Gasteiger partial charge in [0.1, 0.15) is 5.60 Å². The van der Waals surface area contributed by atoms with E-state index in [0.717, 1.165) is 37.2 Å². The van der Waals surface area contributed by atoms with Gasteiger partial charge in [-0.05, 0) is 64.8 Å². The minimum Gasteiger partial charge on any atom is -0.443 e. The first-order valence-corrected chi connectivity index (χ1v) is 7.87. The lowest BCUT2D eigenvalue weighted by Gasteiger charge is -2.36. The van der Waals surface area contributed by atoms with Crippen LogP contribution in [0, 0.1) is 6.92 Å². The SMILES string of the molecule is Cc1ccc(N)c(N(C(=O)OC(C)(C)C)C2CCCNC2)c1. The Morgan fingerprint density at radius 2 is 2.14 bits per heavy atom. The lowest BCUT2D eigenvalue weighted by molar-refractivity contribution is 0.0560. The van der Waals surface area contributed by atoms with E-state index in [0.29, 0.717) is 5.69 Å². The van der Waals surface area contributed by atoms with Crippen LogP contribution in [0.5, 0.6) is 0 Å². The van der Waals surface area contributed by atoms with Gasteiger partial charge in [-0.1, -0.05) is 6.07 Å². The number of carbonyl (C=O) groups is 1. The molecular weight excluding hydrogens is 278 g/mol. The lowest BCUT2D eigenvalue weighted by atomic mass is 10.0. The maximum atomic E-state index is 12.7. The number of amides is 1. The molecule has 1 saturated heterocycles. The summed E-state index contributed by atoms with van der Waals surface area (Å²) in [6.45, 7) is 9.37. The van der Waals surface area contributed by atoms with E-state index in [1.807, 2.05) is 45.9 Å². The predicted octanol–water partition coefficient (Wildman–Crippen LogP) is 3.07. The Balaban J connectivity index is 2.36. The van der Waals surface area contributed by atoms with Gasteiger partial charge in [-0.3, -0.25) is 4.90 Å². The first kappa shape index (κ1) is 16.6. The number of piperidine rings is 1. The molecule has 1 aromatic rings. The molecule has 0 bridgehead atoms. The monoisotopic (exact) mass is 305 g/mol. The summed E-state index contributed by atoms with van der Waals surface area (Å²) in [5, 5.41) is 3.35. The fourth-order valence-corrected chi connectivity index (χ4v) is 2.67. The van der Waals surface area contributed by atoms with Crippen molar-refractivity contribution in [3.8, 4) is 0 Å². The van der Waals surface area contributed by atoms with E-state index in [4.69, 9.17) is 10.5 Å². The van der Waals surface area contributed by atoms with Gasteiger partial charge in [-0.2, -0.15) is 0 Å². The van der Waals surface area contributed by atoms with Crippen molar-refractivity contribution in [2.45, 2.75) is 52.2 Å². The third kappa shape index (κ3) is 4.13. The number of nitrogens with two attached hydrogens (primary N) is 1. The van der Waals surface area contributed by atoms with Gasteiger partial charge >= 0.3 is 6.09 Å². The normalized spacial score (nSPS) is 18.8. The molecule has 3 N–H and O–H groups in total. The number of nitrogen functional groups attached to an aromatic ring is 1. The maximum Gasteiger partial charge on any atom is 0.415 e. The van der Waals surface area contributed by atoms with Crippen LogP contribution >= 0.6 is 0 Å². The molecule has 1 heterocycles. The fourth-order valence-electron chi connectivity index (χ4n) is 2.67. The summed E-state index contributed by atoms with van der Waals surface area (Å²) in [4.78, 5) is 14.5. The van der Waals surface area contributed by atoms with Gasteiger partial charge in [-0.15, -0.1) is 0 Å². The second-order valence-corrected chi connectivity index (χ2v) is 6.91. The van der Waals surface area contributed by atoms with Gasteiger partial charge in [-0.25, -0.2) is 4.79 Å². The first-order valence-electron chi connectivity index (χ1n) is 7.87. The average Bonchev–Trinajstić information content (AvgIpc) is 2.42. The maximum absolute atomic E-state index is 12.7. The Bertz CT molecular complexity index is 531. The largest absolute Gasteiger partial charge is 0.443 e. The zero-order chi connectivity index (χ0) is 16.3. The summed E-state index contributed by atoms with van der Waals surface area (Å²) in [5.74, 6) is 0. The molecule has 1 aliphatic heterocycles. The minimum absolute atomic E-state index is 0.0627. The van der Waals surface area contributed by atoms with Gasteiger partial charge in [0.05, 0.1) is 17.4 Å². The second-order valence-electron chi connectivity index (χ2n) is 6.91. The molecule has 5 nitrogen and oxygen atoms in total. The van der Waals surface area contributed by atoms with Crippen LogP contribution in [0.25, 0.3) is 0 Å². The van der Waals surface area contributed by atoms with Gasteiger partial charge in [0.2, 0.25) is 0 Å². The highest BCUT2D eigenvalue weighted by Gasteiger charge is 2.31. The molecular formula is C17H27N3O2. The Morgan fingerprint density at radius 3 is 2.73 bits per heavy atom. The number of nitrogens with zero attached hydrogens (tertiary/aromatic N) is 1. The van der Waals surface area contributed by atoms with E-state index in [2.05, 4.69) is 5.32 Å². The van der Waals surface area contributed by atoms with E-state index in [9.17, 15) is 4.79 Å². The van der Waals surface area contributed by atoms with E-state index < -0.39 is 5.60 Å². The molecule has 0 aromatic heterocycles. The zero-order valence-electron chi connectivity index (χ0n) is 14.0.